The normalized spacial score (nSPS) is 13.2. The maximum absolute atomic E-state index is 9.40. The summed E-state index contributed by atoms with van der Waals surface area (Å²) in [6.45, 7) is -0.00158. The van der Waals surface area contributed by atoms with Crippen molar-refractivity contribution in [1.82, 2.24) is 14.5 Å². The number of aliphatic hydroxyl groups is 2. The van der Waals surface area contributed by atoms with Gasteiger partial charge < -0.3 is 14.8 Å². The Kier molecular flexibility index (Phi) is 3.63. The van der Waals surface area contributed by atoms with Gasteiger partial charge in [-0.3, -0.25) is 0 Å². The highest BCUT2D eigenvalue weighted by molar-refractivity contribution is 14.1. The number of fused-ring (bicyclic) bond motifs is 1. The Hall–Kier alpha value is -0.440. The van der Waals surface area contributed by atoms with E-state index in [0.717, 1.165) is 8.96 Å². The van der Waals surface area contributed by atoms with Gasteiger partial charge in [0.05, 0.1) is 24.6 Å². The Morgan fingerprint density at radius 2 is 2.25 bits per heavy atom. The van der Waals surface area contributed by atoms with Gasteiger partial charge in [0.25, 0.3) is 0 Å². The third kappa shape index (κ3) is 2.15. The maximum Gasteiger partial charge on any atom is 0.146 e. The van der Waals surface area contributed by atoms with E-state index in [-0.39, 0.29) is 13.2 Å². The quantitative estimate of drug-likeness (QED) is 0.639. The highest BCUT2D eigenvalue weighted by Gasteiger charge is 2.13. The molecule has 0 aromatic carbocycles. The van der Waals surface area contributed by atoms with Crippen molar-refractivity contribution >= 4 is 45.2 Å². The van der Waals surface area contributed by atoms with Crippen LogP contribution in [0.5, 0.6) is 0 Å². The molecule has 86 valence electrons. The van der Waals surface area contributed by atoms with Crippen LogP contribution < -0.4 is 0 Å². The minimum Gasteiger partial charge on any atom is -0.394 e. The second-order valence-electron chi connectivity index (χ2n) is 3.33. The van der Waals surface area contributed by atoms with Crippen molar-refractivity contribution in [2.75, 3.05) is 6.61 Å². The van der Waals surface area contributed by atoms with Gasteiger partial charge in [0.15, 0.2) is 0 Å². The van der Waals surface area contributed by atoms with Gasteiger partial charge in [-0.1, -0.05) is 11.6 Å². The summed E-state index contributed by atoms with van der Waals surface area (Å²) in [7, 11) is 0. The minimum atomic E-state index is -0.805. The van der Waals surface area contributed by atoms with Gasteiger partial charge in [-0.15, -0.1) is 0 Å². The molecule has 0 radical (unpaired) electrons. The third-order valence-electron chi connectivity index (χ3n) is 2.18. The summed E-state index contributed by atoms with van der Waals surface area (Å²) in [4.78, 5) is 8.03. The summed E-state index contributed by atoms with van der Waals surface area (Å²) in [6.07, 6.45) is 2.40. The first-order chi connectivity index (χ1) is 7.63. The summed E-state index contributed by atoms with van der Waals surface area (Å²) in [5.41, 5.74) is 0.664. The molecule has 1 unspecified atom stereocenters. The largest absolute Gasteiger partial charge is 0.394 e. The van der Waals surface area contributed by atoms with Crippen LogP contribution in [0.15, 0.2) is 12.5 Å². The van der Waals surface area contributed by atoms with Crippen LogP contribution in [0.2, 0.25) is 5.15 Å². The van der Waals surface area contributed by atoms with Gasteiger partial charge in [-0.2, -0.15) is 0 Å². The third-order valence-corrected chi connectivity index (χ3v) is 3.28. The molecule has 7 heteroatoms. The van der Waals surface area contributed by atoms with E-state index < -0.39 is 6.10 Å². The van der Waals surface area contributed by atoms with Crippen LogP contribution in [0, 0.1) is 3.57 Å². The summed E-state index contributed by atoms with van der Waals surface area (Å²) >= 11 is 8.10. The monoisotopic (exact) mass is 353 g/mol. The van der Waals surface area contributed by atoms with Crippen LogP contribution in [0.25, 0.3) is 11.0 Å². The number of hydrogen-bond acceptors (Lipinski definition) is 4. The van der Waals surface area contributed by atoms with E-state index >= 15 is 0 Å². The zero-order valence-corrected chi connectivity index (χ0v) is 11.1. The van der Waals surface area contributed by atoms with Crippen molar-refractivity contribution < 1.29 is 10.2 Å². The smallest absolute Gasteiger partial charge is 0.146 e. The van der Waals surface area contributed by atoms with Gasteiger partial charge >= 0.3 is 0 Å². The van der Waals surface area contributed by atoms with Crippen LogP contribution in [0.4, 0.5) is 0 Å². The molecular weight excluding hydrogens is 344 g/mol. The first kappa shape index (κ1) is 12.0. The Morgan fingerprint density at radius 1 is 1.50 bits per heavy atom. The second-order valence-corrected chi connectivity index (χ2v) is 4.85. The van der Waals surface area contributed by atoms with E-state index in [1.165, 1.54) is 6.33 Å². The number of halogens is 2. The average molecular weight is 354 g/mol. The van der Waals surface area contributed by atoms with Crippen molar-refractivity contribution in [1.29, 1.82) is 0 Å². The lowest BCUT2D eigenvalue weighted by Gasteiger charge is -2.08. The van der Waals surface area contributed by atoms with E-state index in [1.807, 2.05) is 6.20 Å². The molecule has 2 aromatic rings. The van der Waals surface area contributed by atoms with Crippen molar-refractivity contribution in [2.45, 2.75) is 12.6 Å². The van der Waals surface area contributed by atoms with Crippen molar-refractivity contribution in [2.24, 2.45) is 0 Å². The molecule has 0 fully saturated rings. The summed E-state index contributed by atoms with van der Waals surface area (Å²) in [5, 5.41) is 19.4. The van der Waals surface area contributed by atoms with Crippen molar-refractivity contribution in [3.8, 4) is 0 Å². The molecule has 2 aromatic heterocycles. The fourth-order valence-corrected chi connectivity index (χ4v) is 2.69. The standard InChI is InChI=1S/C9H9ClIN3O2/c10-8-7-6(11)2-14(1-5(16)3-15)9(7)13-4-12-8/h2,4-5,15-16H,1,3H2. The lowest BCUT2D eigenvalue weighted by atomic mass is 10.4. The number of aromatic nitrogens is 3. The van der Waals surface area contributed by atoms with E-state index in [0.29, 0.717) is 10.8 Å². The lowest BCUT2D eigenvalue weighted by Crippen LogP contribution is -2.19. The average Bonchev–Trinajstić information content (AvgIpc) is 2.57. The molecule has 0 saturated carbocycles. The SMILES string of the molecule is OCC(O)Cn1cc(I)c2c(Cl)ncnc21. The Balaban J connectivity index is 2.51. The summed E-state index contributed by atoms with van der Waals surface area (Å²) in [6, 6.07) is 0. The van der Waals surface area contributed by atoms with Gasteiger partial charge in [-0.05, 0) is 22.6 Å². The van der Waals surface area contributed by atoms with Crippen LogP contribution in [0.3, 0.4) is 0 Å². The highest BCUT2D eigenvalue weighted by atomic mass is 127. The molecule has 1 atom stereocenters. The summed E-state index contributed by atoms with van der Waals surface area (Å²) in [5.74, 6) is 0. The Bertz CT molecular complexity index is 517. The fraction of sp³-hybridized carbons (Fsp3) is 0.333. The number of nitrogens with zero attached hydrogens (tertiary/aromatic N) is 3. The predicted molar refractivity (Wildman–Crippen MR) is 68.3 cm³/mol. The topological polar surface area (TPSA) is 71.2 Å². The molecule has 16 heavy (non-hydrogen) atoms. The molecule has 0 bridgehead atoms. The van der Waals surface area contributed by atoms with Crippen LogP contribution in [0.1, 0.15) is 0 Å². The minimum absolute atomic E-state index is 0.281. The molecule has 2 heterocycles. The molecule has 2 N–H and O–H groups in total. The molecule has 0 saturated heterocycles. The van der Waals surface area contributed by atoms with Gasteiger partial charge in [-0.25, -0.2) is 9.97 Å². The molecule has 5 nitrogen and oxygen atoms in total. The fourth-order valence-electron chi connectivity index (χ4n) is 1.47. The lowest BCUT2D eigenvalue weighted by molar-refractivity contribution is 0.0821. The van der Waals surface area contributed by atoms with Gasteiger partial charge in [0.1, 0.15) is 17.1 Å². The highest BCUT2D eigenvalue weighted by Crippen LogP contribution is 2.26. The van der Waals surface area contributed by atoms with Crippen LogP contribution in [-0.4, -0.2) is 37.5 Å². The zero-order valence-electron chi connectivity index (χ0n) is 8.14. The van der Waals surface area contributed by atoms with Crippen molar-refractivity contribution in [3.63, 3.8) is 0 Å². The van der Waals surface area contributed by atoms with Gasteiger partial charge in [0, 0.05) is 9.77 Å². The molecule has 0 aliphatic carbocycles. The number of aliphatic hydroxyl groups excluding tert-OH is 2. The Morgan fingerprint density at radius 3 is 2.94 bits per heavy atom. The van der Waals surface area contributed by atoms with Crippen LogP contribution >= 0.6 is 34.2 Å². The Labute approximate surface area is 110 Å². The van der Waals surface area contributed by atoms with E-state index in [2.05, 4.69) is 32.6 Å². The van der Waals surface area contributed by atoms with E-state index in [4.69, 9.17) is 16.7 Å². The van der Waals surface area contributed by atoms with E-state index in [9.17, 15) is 5.11 Å². The second kappa shape index (κ2) is 4.82. The molecule has 0 amide bonds. The van der Waals surface area contributed by atoms with Crippen molar-refractivity contribution in [3.05, 3.63) is 21.2 Å². The number of rotatable bonds is 3. The van der Waals surface area contributed by atoms with E-state index in [1.54, 1.807) is 4.57 Å². The molecule has 0 aliphatic rings. The molecule has 2 rings (SSSR count). The molecule has 0 aliphatic heterocycles. The molecular formula is C9H9ClIN3O2. The molecule has 0 spiro atoms. The zero-order chi connectivity index (χ0) is 11.7. The van der Waals surface area contributed by atoms with Gasteiger partial charge in [0.2, 0.25) is 0 Å². The maximum atomic E-state index is 9.40. The predicted octanol–water partition coefficient (Wildman–Crippen LogP) is 1.04. The number of hydrogen-bond donors (Lipinski definition) is 2. The summed E-state index contributed by atoms with van der Waals surface area (Å²) < 4.78 is 2.68. The van der Waals surface area contributed by atoms with Crippen LogP contribution in [-0.2, 0) is 6.54 Å². The first-order valence-electron chi connectivity index (χ1n) is 4.57. The first-order valence-corrected chi connectivity index (χ1v) is 6.03.